The smallest absolute Gasteiger partial charge is 0.257 e. The van der Waals surface area contributed by atoms with Crippen molar-refractivity contribution in [2.24, 2.45) is 0 Å². The topological polar surface area (TPSA) is 42.2 Å². The number of fused-ring (bicyclic) bond motifs is 1. The van der Waals surface area contributed by atoms with E-state index < -0.39 is 0 Å². The average Bonchev–Trinajstić information content (AvgIpc) is 2.27. The molecule has 15 heavy (non-hydrogen) atoms. The zero-order valence-corrected chi connectivity index (χ0v) is 8.82. The van der Waals surface area contributed by atoms with Crippen LogP contribution in [0.2, 0.25) is 0 Å². The molecule has 1 aromatic heterocycles. The number of rotatable bonds is 1. The van der Waals surface area contributed by atoms with E-state index >= 15 is 0 Å². The van der Waals surface area contributed by atoms with Crippen LogP contribution in [-0.4, -0.2) is 9.67 Å². The van der Waals surface area contributed by atoms with Gasteiger partial charge in [-0.2, -0.15) is 0 Å². The minimum atomic E-state index is -0.117. The maximum absolute atomic E-state index is 11.8. The minimum Gasteiger partial charge on any atom is -0.507 e. The molecule has 0 saturated carbocycles. The van der Waals surface area contributed by atoms with Gasteiger partial charge in [-0.1, -0.05) is 12.1 Å². The van der Waals surface area contributed by atoms with Crippen LogP contribution in [0.4, 0.5) is 0 Å². The molecule has 0 saturated heterocycles. The lowest BCUT2D eigenvalue weighted by atomic mass is 10.1. The number of aryl methyl sites for hydroxylation is 1. The van der Waals surface area contributed by atoms with Crippen LogP contribution in [-0.2, 0) is 6.54 Å². The van der Waals surface area contributed by atoms with E-state index in [0.29, 0.717) is 12.1 Å². The molecule has 0 fully saturated rings. The zero-order chi connectivity index (χ0) is 11.0. The van der Waals surface area contributed by atoms with Crippen LogP contribution >= 0.6 is 0 Å². The van der Waals surface area contributed by atoms with E-state index in [-0.39, 0.29) is 11.3 Å². The fourth-order valence-corrected chi connectivity index (χ4v) is 1.84. The van der Waals surface area contributed by atoms with Crippen LogP contribution in [0, 0.1) is 6.92 Å². The fraction of sp³-hybridized carbons (Fsp3) is 0.250. The summed E-state index contributed by atoms with van der Waals surface area (Å²) < 4.78 is 1.67. The average molecular weight is 203 g/mol. The third-order valence-electron chi connectivity index (χ3n) is 2.69. The second kappa shape index (κ2) is 3.42. The van der Waals surface area contributed by atoms with E-state index in [1.165, 1.54) is 0 Å². The van der Waals surface area contributed by atoms with Crippen molar-refractivity contribution in [3.63, 3.8) is 0 Å². The molecule has 1 heterocycles. The van der Waals surface area contributed by atoms with Gasteiger partial charge in [-0.25, -0.2) is 0 Å². The van der Waals surface area contributed by atoms with Crippen molar-refractivity contribution in [1.82, 2.24) is 4.57 Å². The van der Waals surface area contributed by atoms with Crippen molar-refractivity contribution in [2.45, 2.75) is 20.4 Å². The predicted molar refractivity (Wildman–Crippen MR) is 60.3 cm³/mol. The van der Waals surface area contributed by atoms with Gasteiger partial charge in [0.25, 0.3) is 5.56 Å². The third-order valence-corrected chi connectivity index (χ3v) is 2.69. The monoisotopic (exact) mass is 203 g/mol. The highest BCUT2D eigenvalue weighted by molar-refractivity contribution is 5.86. The van der Waals surface area contributed by atoms with Crippen molar-refractivity contribution >= 4 is 10.9 Å². The van der Waals surface area contributed by atoms with E-state index in [0.717, 1.165) is 10.9 Å². The van der Waals surface area contributed by atoms with Gasteiger partial charge in [0, 0.05) is 11.9 Å². The number of para-hydroxylation sites is 1. The Hall–Kier alpha value is -1.77. The first kappa shape index (κ1) is 9.77. The second-order valence-electron chi connectivity index (χ2n) is 3.54. The first-order valence-electron chi connectivity index (χ1n) is 4.98. The predicted octanol–water partition coefficient (Wildman–Crippen LogP) is 2.04. The third kappa shape index (κ3) is 1.31. The van der Waals surface area contributed by atoms with Gasteiger partial charge < -0.3 is 9.67 Å². The molecular formula is C12H13NO2. The molecule has 0 aliphatic heterocycles. The summed E-state index contributed by atoms with van der Waals surface area (Å²) in [5, 5.41) is 10.6. The van der Waals surface area contributed by atoms with E-state index in [9.17, 15) is 9.90 Å². The molecule has 0 aliphatic rings. The molecule has 0 atom stereocenters. The molecule has 3 heteroatoms. The molecule has 78 valence electrons. The van der Waals surface area contributed by atoms with E-state index in [1.54, 1.807) is 11.5 Å². The number of aromatic hydroxyl groups is 1. The van der Waals surface area contributed by atoms with Gasteiger partial charge in [0.1, 0.15) is 5.75 Å². The van der Waals surface area contributed by atoms with Crippen molar-refractivity contribution in [3.05, 3.63) is 40.2 Å². The highest BCUT2D eigenvalue weighted by Crippen LogP contribution is 2.25. The van der Waals surface area contributed by atoms with Crippen molar-refractivity contribution in [3.8, 4) is 5.75 Å². The number of benzene rings is 1. The highest BCUT2D eigenvalue weighted by Gasteiger charge is 2.10. The van der Waals surface area contributed by atoms with Gasteiger partial charge in [0.05, 0.1) is 11.1 Å². The Morgan fingerprint density at radius 1 is 1.33 bits per heavy atom. The lowest BCUT2D eigenvalue weighted by molar-refractivity contribution is 0.474. The first-order chi connectivity index (χ1) is 7.16. The highest BCUT2D eigenvalue weighted by atomic mass is 16.3. The Kier molecular flexibility index (Phi) is 2.23. The SMILES string of the molecule is CCn1c(=O)c(C)c(O)c2ccccc21. The molecule has 0 radical (unpaired) electrons. The summed E-state index contributed by atoms with van der Waals surface area (Å²) in [6, 6.07) is 7.39. The molecule has 0 unspecified atom stereocenters. The number of nitrogens with zero attached hydrogens (tertiary/aromatic N) is 1. The standard InChI is InChI=1S/C12H13NO2/c1-3-13-10-7-5-4-6-9(10)11(14)8(2)12(13)15/h4-7,14H,3H2,1-2H3. The molecule has 1 aromatic carbocycles. The summed E-state index contributed by atoms with van der Waals surface area (Å²) in [7, 11) is 0. The lowest BCUT2D eigenvalue weighted by Gasteiger charge is -2.11. The zero-order valence-electron chi connectivity index (χ0n) is 8.82. The Bertz CT molecular complexity index is 570. The quantitative estimate of drug-likeness (QED) is 0.770. The van der Waals surface area contributed by atoms with Crippen LogP contribution in [0.1, 0.15) is 12.5 Å². The van der Waals surface area contributed by atoms with E-state index in [1.807, 2.05) is 31.2 Å². The molecule has 2 aromatic rings. The summed E-state index contributed by atoms with van der Waals surface area (Å²) in [6.45, 7) is 4.18. The summed E-state index contributed by atoms with van der Waals surface area (Å²) in [4.78, 5) is 11.8. The van der Waals surface area contributed by atoms with Crippen LogP contribution < -0.4 is 5.56 Å². The maximum atomic E-state index is 11.8. The second-order valence-corrected chi connectivity index (χ2v) is 3.54. The molecule has 0 aliphatic carbocycles. The Morgan fingerprint density at radius 2 is 2.00 bits per heavy atom. The van der Waals surface area contributed by atoms with Gasteiger partial charge in [0.15, 0.2) is 0 Å². The Labute approximate surface area is 87.6 Å². The fourth-order valence-electron chi connectivity index (χ4n) is 1.84. The Morgan fingerprint density at radius 3 is 2.67 bits per heavy atom. The minimum absolute atomic E-state index is 0.0975. The molecule has 0 amide bonds. The molecule has 0 spiro atoms. The number of aromatic nitrogens is 1. The van der Waals surface area contributed by atoms with Crippen molar-refractivity contribution in [2.75, 3.05) is 0 Å². The molecular weight excluding hydrogens is 190 g/mol. The van der Waals surface area contributed by atoms with Crippen LogP contribution in [0.5, 0.6) is 5.75 Å². The largest absolute Gasteiger partial charge is 0.507 e. The number of pyridine rings is 1. The molecule has 1 N–H and O–H groups in total. The van der Waals surface area contributed by atoms with Crippen LogP contribution in [0.3, 0.4) is 0 Å². The summed E-state index contributed by atoms with van der Waals surface area (Å²) >= 11 is 0. The molecule has 2 rings (SSSR count). The van der Waals surface area contributed by atoms with Crippen molar-refractivity contribution < 1.29 is 5.11 Å². The molecule has 0 bridgehead atoms. The van der Waals surface area contributed by atoms with Gasteiger partial charge in [-0.15, -0.1) is 0 Å². The van der Waals surface area contributed by atoms with E-state index in [2.05, 4.69) is 0 Å². The summed E-state index contributed by atoms with van der Waals surface area (Å²) in [5.41, 5.74) is 1.08. The number of hydrogen-bond acceptors (Lipinski definition) is 2. The van der Waals surface area contributed by atoms with Gasteiger partial charge in [0.2, 0.25) is 0 Å². The van der Waals surface area contributed by atoms with E-state index in [4.69, 9.17) is 0 Å². The molecule has 3 nitrogen and oxygen atoms in total. The maximum Gasteiger partial charge on any atom is 0.257 e. The van der Waals surface area contributed by atoms with Gasteiger partial charge in [-0.3, -0.25) is 4.79 Å². The van der Waals surface area contributed by atoms with Gasteiger partial charge in [-0.05, 0) is 26.0 Å². The normalized spacial score (nSPS) is 10.8. The van der Waals surface area contributed by atoms with Crippen molar-refractivity contribution in [1.29, 1.82) is 0 Å². The number of hydrogen-bond donors (Lipinski definition) is 1. The van der Waals surface area contributed by atoms with Crippen LogP contribution in [0.15, 0.2) is 29.1 Å². The van der Waals surface area contributed by atoms with Crippen LogP contribution in [0.25, 0.3) is 10.9 Å². The lowest BCUT2D eigenvalue weighted by Crippen LogP contribution is -2.21. The summed E-state index contributed by atoms with van der Waals surface area (Å²) in [6.07, 6.45) is 0. The summed E-state index contributed by atoms with van der Waals surface area (Å²) in [5.74, 6) is 0.0975. The van der Waals surface area contributed by atoms with Gasteiger partial charge >= 0.3 is 0 Å². The Balaban J connectivity index is 3.05. The first-order valence-corrected chi connectivity index (χ1v) is 4.98.